The predicted molar refractivity (Wildman–Crippen MR) is 127 cm³/mol. The molecule has 0 aliphatic carbocycles. The number of β-lactam (4-membered cyclic amide) rings is 1. The summed E-state index contributed by atoms with van der Waals surface area (Å²) in [5.41, 5.74) is 2.10. The van der Waals surface area contributed by atoms with Crippen LogP contribution < -0.4 is 14.4 Å². The molecule has 2 aromatic rings. The van der Waals surface area contributed by atoms with Gasteiger partial charge in [0.2, 0.25) is 5.91 Å². The van der Waals surface area contributed by atoms with E-state index in [4.69, 9.17) is 9.47 Å². The zero-order valence-corrected chi connectivity index (χ0v) is 19.3. The van der Waals surface area contributed by atoms with Crippen molar-refractivity contribution in [2.45, 2.75) is 70.8 Å². The highest BCUT2D eigenvalue weighted by Gasteiger charge is 2.48. The van der Waals surface area contributed by atoms with Crippen LogP contribution in [0.2, 0.25) is 0 Å². The molecule has 1 heterocycles. The molecule has 1 fully saturated rings. The minimum absolute atomic E-state index is 0.0515. The van der Waals surface area contributed by atoms with Crippen molar-refractivity contribution in [1.29, 1.82) is 0 Å². The molecule has 0 aromatic heterocycles. The molecule has 0 spiro atoms. The molecule has 1 aliphatic heterocycles. The quantitative estimate of drug-likeness (QED) is 0.259. The van der Waals surface area contributed by atoms with Crippen LogP contribution in [0.15, 0.2) is 48.5 Å². The molecule has 4 nitrogen and oxygen atoms in total. The third-order valence-electron chi connectivity index (χ3n) is 6.39. The van der Waals surface area contributed by atoms with Crippen molar-refractivity contribution in [3.8, 4) is 11.5 Å². The Balaban J connectivity index is 1.64. The fraction of sp³-hybridized carbons (Fsp3) is 0.519. The number of ether oxygens (including phenoxy) is 2. The maximum atomic E-state index is 13.1. The lowest BCUT2D eigenvalue weighted by atomic mass is 9.78. The van der Waals surface area contributed by atoms with E-state index in [1.165, 1.54) is 50.5 Å². The summed E-state index contributed by atoms with van der Waals surface area (Å²) < 4.78 is 10.6. The second-order valence-corrected chi connectivity index (χ2v) is 8.49. The first-order valence-electron chi connectivity index (χ1n) is 11.8. The second kappa shape index (κ2) is 11.8. The first kappa shape index (κ1) is 23.2. The van der Waals surface area contributed by atoms with Gasteiger partial charge in [0.25, 0.3) is 0 Å². The van der Waals surface area contributed by atoms with Crippen LogP contribution in [0.4, 0.5) is 5.69 Å². The number of unbranched alkanes of at least 4 members (excludes halogenated alkanes) is 7. The number of anilines is 1. The molecule has 0 radical (unpaired) electrons. The summed E-state index contributed by atoms with van der Waals surface area (Å²) in [5.74, 6) is 1.92. The monoisotopic (exact) mass is 423 g/mol. The van der Waals surface area contributed by atoms with Crippen LogP contribution in [-0.2, 0) is 4.79 Å². The zero-order chi connectivity index (χ0) is 22.1. The van der Waals surface area contributed by atoms with Crippen molar-refractivity contribution in [2.24, 2.45) is 5.92 Å². The van der Waals surface area contributed by atoms with E-state index in [2.05, 4.69) is 19.1 Å². The van der Waals surface area contributed by atoms with Gasteiger partial charge < -0.3 is 14.4 Å². The first-order valence-corrected chi connectivity index (χ1v) is 11.8. The van der Waals surface area contributed by atoms with Gasteiger partial charge in [-0.1, -0.05) is 70.4 Å². The van der Waals surface area contributed by atoms with E-state index in [-0.39, 0.29) is 17.9 Å². The summed E-state index contributed by atoms with van der Waals surface area (Å²) in [6.45, 7) is 2.25. The number of carbonyl (C=O) groups is 1. The van der Waals surface area contributed by atoms with Crippen LogP contribution in [0.25, 0.3) is 0 Å². The van der Waals surface area contributed by atoms with E-state index >= 15 is 0 Å². The minimum Gasteiger partial charge on any atom is -0.497 e. The number of carbonyl (C=O) groups excluding carboxylic acids is 1. The van der Waals surface area contributed by atoms with Crippen molar-refractivity contribution in [1.82, 2.24) is 0 Å². The average molecular weight is 424 g/mol. The zero-order valence-electron chi connectivity index (χ0n) is 19.3. The lowest BCUT2D eigenvalue weighted by Crippen LogP contribution is -2.55. The fourth-order valence-electron chi connectivity index (χ4n) is 4.54. The smallest absolute Gasteiger partial charge is 0.233 e. The number of rotatable bonds is 13. The van der Waals surface area contributed by atoms with Crippen LogP contribution in [0.3, 0.4) is 0 Å². The van der Waals surface area contributed by atoms with E-state index in [0.717, 1.165) is 30.0 Å². The molecule has 1 amide bonds. The molecule has 31 heavy (non-hydrogen) atoms. The Bertz CT molecular complexity index is 800. The van der Waals surface area contributed by atoms with Crippen LogP contribution in [0.1, 0.15) is 76.3 Å². The Morgan fingerprint density at radius 2 is 1.26 bits per heavy atom. The van der Waals surface area contributed by atoms with Gasteiger partial charge in [0, 0.05) is 5.69 Å². The van der Waals surface area contributed by atoms with Gasteiger partial charge in [0.1, 0.15) is 11.5 Å². The van der Waals surface area contributed by atoms with E-state index in [0.29, 0.717) is 0 Å². The number of hydrogen-bond acceptors (Lipinski definition) is 3. The number of nitrogens with zero attached hydrogens (tertiary/aromatic N) is 1. The Morgan fingerprint density at radius 3 is 1.81 bits per heavy atom. The molecule has 2 aromatic carbocycles. The summed E-state index contributed by atoms with van der Waals surface area (Å²) in [7, 11) is 3.33. The molecule has 3 rings (SSSR count). The molecule has 2 atom stereocenters. The molecule has 0 bridgehead atoms. The van der Waals surface area contributed by atoms with E-state index < -0.39 is 0 Å². The van der Waals surface area contributed by atoms with Crippen molar-refractivity contribution >= 4 is 11.6 Å². The minimum atomic E-state index is 0.0515. The van der Waals surface area contributed by atoms with Gasteiger partial charge in [0.15, 0.2) is 0 Å². The van der Waals surface area contributed by atoms with Crippen molar-refractivity contribution in [3.05, 3.63) is 54.1 Å². The van der Waals surface area contributed by atoms with Crippen LogP contribution >= 0.6 is 0 Å². The molecular formula is C27H37NO3. The van der Waals surface area contributed by atoms with E-state index in [9.17, 15) is 4.79 Å². The van der Waals surface area contributed by atoms with Gasteiger partial charge in [-0.2, -0.15) is 0 Å². The summed E-state index contributed by atoms with van der Waals surface area (Å²) in [6.07, 6.45) is 11.2. The number of amides is 1. The molecule has 1 aliphatic rings. The highest BCUT2D eigenvalue weighted by atomic mass is 16.5. The van der Waals surface area contributed by atoms with Gasteiger partial charge in [-0.05, 0) is 48.4 Å². The van der Waals surface area contributed by atoms with Gasteiger partial charge in [0.05, 0.1) is 26.2 Å². The van der Waals surface area contributed by atoms with Crippen LogP contribution in [0.5, 0.6) is 11.5 Å². The molecule has 0 N–H and O–H groups in total. The Morgan fingerprint density at radius 1 is 0.742 bits per heavy atom. The van der Waals surface area contributed by atoms with Crippen molar-refractivity contribution < 1.29 is 14.3 Å². The summed E-state index contributed by atoms with van der Waals surface area (Å²) in [4.78, 5) is 15.1. The third kappa shape index (κ3) is 5.81. The molecule has 168 valence electrons. The molecule has 0 unspecified atom stereocenters. The molecule has 1 saturated heterocycles. The fourth-order valence-corrected chi connectivity index (χ4v) is 4.54. The lowest BCUT2D eigenvalue weighted by molar-refractivity contribution is -0.130. The summed E-state index contributed by atoms with van der Waals surface area (Å²) in [6, 6.07) is 16.0. The Labute approximate surface area is 187 Å². The Kier molecular flexibility index (Phi) is 8.81. The Hall–Kier alpha value is -2.49. The second-order valence-electron chi connectivity index (χ2n) is 8.49. The van der Waals surface area contributed by atoms with Crippen LogP contribution in [0, 0.1) is 5.92 Å². The number of hydrogen-bond donors (Lipinski definition) is 0. The SMILES string of the molecule is CCCCCCCCCC[C@H]1C(=O)N(c2ccc(OC)cc2)[C@@H]1c1ccc(OC)cc1. The predicted octanol–water partition coefficient (Wildman–Crippen LogP) is 6.94. The van der Waals surface area contributed by atoms with Gasteiger partial charge in [-0.3, -0.25) is 4.79 Å². The van der Waals surface area contributed by atoms with Crippen molar-refractivity contribution in [2.75, 3.05) is 19.1 Å². The van der Waals surface area contributed by atoms with E-state index in [1.54, 1.807) is 14.2 Å². The first-order chi connectivity index (χ1) is 15.2. The molecule has 4 heteroatoms. The summed E-state index contributed by atoms with van der Waals surface area (Å²) >= 11 is 0. The summed E-state index contributed by atoms with van der Waals surface area (Å²) in [5, 5.41) is 0. The highest BCUT2D eigenvalue weighted by molar-refractivity contribution is 6.03. The van der Waals surface area contributed by atoms with E-state index in [1.807, 2.05) is 41.3 Å². The standard InChI is InChI=1S/C27H37NO3/c1-4-5-6-7-8-9-10-11-12-25-26(21-13-17-23(30-2)18-14-21)28(27(25)29)22-15-19-24(31-3)20-16-22/h13-20,25-26H,4-12H2,1-3H3/t25-,26-/m1/s1. The highest BCUT2D eigenvalue weighted by Crippen LogP contribution is 2.46. The largest absolute Gasteiger partial charge is 0.497 e. The maximum Gasteiger partial charge on any atom is 0.233 e. The topological polar surface area (TPSA) is 38.8 Å². The van der Waals surface area contributed by atoms with Gasteiger partial charge >= 0.3 is 0 Å². The number of benzene rings is 2. The molecular weight excluding hydrogens is 386 g/mol. The molecule has 0 saturated carbocycles. The van der Waals surface area contributed by atoms with Gasteiger partial charge in [-0.15, -0.1) is 0 Å². The van der Waals surface area contributed by atoms with Crippen LogP contribution in [-0.4, -0.2) is 20.1 Å². The van der Waals surface area contributed by atoms with Crippen molar-refractivity contribution in [3.63, 3.8) is 0 Å². The maximum absolute atomic E-state index is 13.1. The third-order valence-corrected chi connectivity index (χ3v) is 6.39. The normalized spacial score (nSPS) is 18.0. The average Bonchev–Trinajstić information content (AvgIpc) is 2.81. The number of methoxy groups -OCH3 is 2. The lowest BCUT2D eigenvalue weighted by Gasteiger charge is -2.47. The van der Waals surface area contributed by atoms with Gasteiger partial charge in [-0.25, -0.2) is 0 Å².